The largest absolute Gasteiger partial charge is 0.345 e. The second-order valence-electron chi connectivity index (χ2n) is 4.32. The van der Waals surface area contributed by atoms with Crippen LogP contribution in [0.4, 0.5) is 13.2 Å². The Balaban J connectivity index is 3.08. The van der Waals surface area contributed by atoms with Gasteiger partial charge in [-0.2, -0.15) is 0 Å². The Bertz CT molecular complexity index is 444. The number of amides is 1. The molecule has 0 unspecified atom stereocenters. The van der Waals surface area contributed by atoms with Crippen LogP contribution in [0.1, 0.15) is 37.0 Å². The van der Waals surface area contributed by atoms with Crippen molar-refractivity contribution in [3.8, 4) is 0 Å². The molecule has 2 nitrogen and oxygen atoms in total. The number of nitrogens with one attached hydrogen (secondary N) is 1. The predicted molar refractivity (Wildman–Crippen MR) is 67.8 cm³/mol. The van der Waals surface area contributed by atoms with E-state index < -0.39 is 34.5 Å². The number of carbonyl (C=O) groups excluding carboxylic acids is 1. The van der Waals surface area contributed by atoms with E-state index in [1.807, 2.05) is 13.8 Å². The summed E-state index contributed by atoms with van der Waals surface area (Å²) in [6, 6.07) is 0.941. The van der Waals surface area contributed by atoms with E-state index in [1.54, 1.807) is 0 Å². The van der Waals surface area contributed by atoms with E-state index in [-0.39, 0.29) is 5.88 Å². The molecule has 0 heterocycles. The molecule has 0 saturated carbocycles. The van der Waals surface area contributed by atoms with Crippen LogP contribution in [0.25, 0.3) is 0 Å². The van der Waals surface area contributed by atoms with Crippen molar-refractivity contribution in [1.82, 2.24) is 5.32 Å². The Hall–Kier alpha value is -1.23. The highest BCUT2D eigenvalue weighted by Crippen LogP contribution is 2.20. The predicted octanol–water partition coefficient (Wildman–Crippen LogP) is 3.63. The highest BCUT2D eigenvalue weighted by molar-refractivity contribution is 6.19. The molecule has 1 N–H and O–H groups in total. The molecule has 0 radical (unpaired) electrons. The molecule has 106 valence electrons. The molecule has 1 rings (SSSR count). The van der Waals surface area contributed by atoms with Crippen molar-refractivity contribution in [2.75, 3.05) is 5.88 Å². The lowest BCUT2D eigenvalue weighted by Crippen LogP contribution is -2.49. The maximum atomic E-state index is 13.5. The quantitative estimate of drug-likeness (QED) is 0.825. The van der Waals surface area contributed by atoms with Crippen molar-refractivity contribution in [3.05, 3.63) is 35.1 Å². The molecule has 19 heavy (non-hydrogen) atoms. The number of halogens is 4. The van der Waals surface area contributed by atoms with E-state index in [2.05, 4.69) is 5.32 Å². The summed E-state index contributed by atoms with van der Waals surface area (Å²) in [5.74, 6) is -4.34. The normalized spacial score (nSPS) is 11.5. The molecule has 0 aliphatic carbocycles. The van der Waals surface area contributed by atoms with Crippen LogP contribution in [-0.4, -0.2) is 17.3 Å². The van der Waals surface area contributed by atoms with Crippen molar-refractivity contribution in [2.45, 2.75) is 32.2 Å². The van der Waals surface area contributed by atoms with Gasteiger partial charge in [0.05, 0.1) is 5.54 Å². The number of benzene rings is 1. The second-order valence-corrected chi connectivity index (χ2v) is 4.59. The van der Waals surface area contributed by atoms with Crippen LogP contribution in [0.2, 0.25) is 0 Å². The lowest BCUT2D eigenvalue weighted by molar-refractivity contribution is 0.0893. The Labute approximate surface area is 114 Å². The minimum atomic E-state index is -1.23. The highest BCUT2D eigenvalue weighted by Gasteiger charge is 2.30. The van der Waals surface area contributed by atoms with Crippen molar-refractivity contribution < 1.29 is 18.0 Å². The van der Waals surface area contributed by atoms with Gasteiger partial charge in [-0.3, -0.25) is 4.79 Å². The van der Waals surface area contributed by atoms with E-state index in [0.717, 1.165) is 0 Å². The fourth-order valence-electron chi connectivity index (χ4n) is 1.71. The van der Waals surface area contributed by atoms with Gasteiger partial charge in [0.25, 0.3) is 5.91 Å². The van der Waals surface area contributed by atoms with E-state index in [4.69, 9.17) is 11.6 Å². The highest BCUT2D eigenvalue weighted by atomic mass is 35.5. The molecule has 0 fully saturated rings. The summed E-state index contributed by atoms with van der Waals surface area (Å²) in [5.41, 5.74) is -1.52. The number of alkyl halides is 1. The molecule has 0 atom stereocenters. The summed E-state index contributed by atoms with van der Waals surface area (Å²) in [4.78, 5) is 11.9. The van der Waals surface area contributed by atoms with Gasteiger partial charge < -0.3 is 5.32 Å². The van der Waals surface area contributed by atoms with Gasteiger partial charge in [0.2, 0.25) is 0 Å². The van der Waals surface area contributed by atoms with E-state index >= 15 is 0 Å². The molecule has 0 bridgehead atoms. The molecule has 6 heteroatoms. The zero-order valence-electron chi connectivity index (χ0n) is 10.7. The maximum absolute atomic E-state index is 13.5. The van der Waals surface area contributed by atoms with Gasteiger partial charge >= 0.3 is 0 Å². The van der Waals surface area contributed by atoms with Gasteiger partial charge in [-0.15, -0.1) is 11.6 Å². The lowest BCUT2D eigenvalue weighted by atomic mass is 9.94. The summed E-state index contributed by atoms with van der Waals surface area (Å²) < 4.78 is 39.7. The summed E-state index contributed by atoms with van der Waals surface area (Å²) in [6.45, 7) is 3.62. The monoisotopic (exact) mass is 293 g/mol. The topological polar surface area (TPSA) is 29.1 Å². The molecule has 0 spiro atoms. The van der Waals surface area contributed by atoms with Crippen LogP contribution in [0.3, 0.4) is 0 Å². The Morgan fingerprint density at radius 3 is 2.05 bits per heavy atom. The third kappa shape index (κ3) is 3.41. The fourth-order valence-corrected chi connectivity index (χ4v) is 2.16. The van der Waals surface area contributed by atoms with Gasteiger partial charge in [0.15, 0.2) is 0 Å². The smallest absolute Gasteiger partial charge is 0.257 e. The van der Waals surface area contributed by atoms with Crippen LogP contribution in [-0.2, 0) is 0 Å². The standard InChI is InChI=1S/C13H15ClF3NO/c1-3-13(4-2,7-14)18-12(19)11-9(16)5-8(15)6-10(11)17/h5-6H,3-4,7H2,1-2H3,(H,18,19). The number of hydrogen-bond acceptors (Lipinski definition) is 1. The average molecular weight is 294 g/mol. The van der Waals surface area contributed by atoms with Gasteiger partial charge in [0.1, 0.15) is 23.0 Å². The lowest BCUT2D eigenvalue weighted by Gasteiger charge is -2.30. The molecule has 0 aliphatic rings. The zero-order chi connectivity index (χ0) is 14.6. The molecule has 1 aromatic rings. The number of carbonyl (C=O) groups is 1. The third-order valence-electron chi connectivity index (χ3n) is 3.22. The van der Waals surface area contributed by atoms with Gasteiger partial charge in [-0.05, 0) is 12.8 Å². The molecule has 1 aromatic carbocycles. The SMILES string of the molecule is CCC(CC)(CCl)NC(=O)c1c(F)cc(F)cc1F. The average Bonchev–Trinajstić information content (AvgIpc) is 2.35. The third-order valence-corrected chi connectivity index (χ3v) is 3.73. The van der Waals surface area contributed by atoms with Crippen LogP contribution in [0.15, 0.2) is 12.1 Å². The fraction of sp³-hybridized carbons (Fsp3) is 0.462. The van der Waals surface area contributed by atoms with E-state index in [0.29, 0.717) is 25.0 Å². The van der Waals surface area contributed by atoms with Crippen molar-refractivity contribution in [1.29, 1.82) is 0 Å². The second kappa shape index (κ2) is 6.28. The van der Waals surface area contributed by atoms with Crippen LogP contribution >= 0.6 is 11.6 Å². The van der Waals surface area contributed by atoms with Crippen molar-refractivity contribution >= 4 is 17.5 Å². The first-order valence-corrected chi connectivity index (χ1v) is 6.45. The first kappa shape index (κ1) is 15.8. The Morgan fingerprint density at radius 1 is 1.21 bits per heavy atom. The number of hydrogen-bond donors (Lipinski definition) is 1. The first-order chi connectivity index (χ1) is 8.89. The minimum Gasteiger partial charge on any atom is -0.345 e. The molecule has 0 saturated heterocycles. The summed E-state index contributed by atoms with van der Waals surface area (Å²) in [5, 5.41) is 2.52. The molecular formula is C13H15ClF3NO. The summed E-state index contributed by atoms with van der Waals surface area (Å²) >= 11 is 5.80. The molecular weight excluding hydrogens is 279 g/mol. The Kier molecular flexibility index (Phi) is 5.23. The summed E-state index contributed by atoms with van der Waals surface area (Å²) in [6.07, 6.45) is 1.03. The minimum absolute atomic E-state index is 0.121. The van der Waals surface area contributed by atoms with Gasteiger partial charge in [0, 0.05) is 18.0 Å². The van der Waals surface area contributed by atoms with Crippen molar-refractivity contribution in [3.63, 3.8) is 0 Å². The molecule has 0 aromatic heterocycles. The van der Waals surface area contributed by atoms with Crippen LogP contribution < -0.4 is 5.32 Å². The first-order valence-electron chi connectivity index (χ1n) is 5.92. The van der Waals surface area contributed by atoms with Gasteiger partial charge in [-0.1, -0.05) is 13.8 Å². The van der Waals surface area contributed by atoms with Crippen LogP contribution in [0, 0.1) is 17.5 Å². The van der Waals surface area contributed by atoms with Gasteiger partial charge in [-0.25, -0.2) is 13.2 Å². The molecule has 1 amide bonds. The van der Waals surface area contributed by atoms with E-state index in [9.17, 15) is 18.0 Å². The Morgan fingerprint density at radius 2 is 1.68 bits per heavy atom. The van der Waals surface area contributed by atoms with Crippen molar-refractivity contribution in [2.24, 2.45) is 0 Å². The van der Waals surface area contributed by atoms with E-state index in [1.165, 1.54) is 0 Å². The summed E-state index contributed by atoms with van der Waals surface area (Å²) in [7, 11) is 0. The maximum Gasteiger partial charge on any atom is 0.257 e. The zero-order valence-corrected chi connectivity index (χ0v) is 11.5. The van der Waals surface area contributed by atoms with Crippen LogP contribution in [0.5, 0.6) is 0 Å². The number of rotatable bonds is 5. The molecule has 0 aliphatic heterocycles.